The zero-order valence-electron chi connectivity index (χ0n) is 12.6. The molecule has 0 aliphatic carbocycles. The monoisotopic (exact) mass is 276 g/mol. The minimum absolute atomic E-state index is 0.0161. The highest BCUT2D eigenvalue weighted by atomic mass is 16.2. The first kappa shape index (κ1) is 14.8. The van der Waals surface area contributed by atoms with E-state index in [0.717, 1.165) is 31.7 Å². The summed E-state index contributed by atoms with van der Waals surface area (Å²) >= 11 is 0. The largest absolute Gasteiger partial charge is 0.334 e. The maximum atomic E-state index is 12.1. The number of amides is 2. The van der Waals surface area contributed by atoms with Gasteiger partial charge in [0.05, 0.1) is 0 Å². The number of nitrogens with zero attached hydrogens (tertiary/aromatic N) is 3. The fourth-order valence-corrected chi connectivity index (χ4v) is 2.37. The number of piperazine rings is 1. The molecule has 0 bridgehead atoms. The van der Waals surface area contributed by atoms with Crippen molar-refractivity contribution in [1.82, 2.24) is 20.1 Å². The van der Waals surface area contributed by atoms with Crippen LogP contribution in [0.5, 0.6) is 0 Å². The Morgan fingerprint density at radius 2 is 2.00 bits per heavy atom. The third-order valence-corrected chi connectivity index (χ3v) is 3.68. The van der Waals surface area contributed by atoms with E-state index in [4.69, 9.17) is 0 Å². The molecule has 0 aromatic carbocycles. The number of carbonyl (C=O) groups is 1. The molecule has 2 rings (SSSR count). The van der Waals surface area contributed by atoms with Crippen LogP contribution in [0, 0.1) is 0 Å². The molecule has 1 aliphatic rings. The van der Waals surface area contributed by atoms with Gasteiger partial charge in [0.1, 0.15) is 0 Å². The van der Waals surface area contributed by atoms with Crippen molar-refractivity contribution >= 4 is 6.03 Å². The summed E-state index contributed by atoms with van der Waals surface area (Å²) in [6.45, 7) is 10.6. The van der Waals surface area contributed by atoms with Crippen molar-refractivity contribution in [2.45, 2.75) is 32.9 Å². The van der Waals surface area contributed by atoms with Gasteiger partial charge in [-0.3, -0.25) is 9.88 Å². The lowest BCUT2D eigenvalue weighted by atomic mass is 10.1. The summed E-state index contributed by atoms with van der Waals surface area (Å²) in [5.41, 5.74) is 1.20. The van der Waals surface area contributed by atoms with Crippen molar-refractivity contribution in [2.75, 3.05) is 26.2 Å². The first-order chi connectivity index (χ1) is 9.47. The second kappa shape index (κ2) is 6.22. The number of nitrogens with one attached hydrogen (secondary N) is 1. The van der Waals surface area contributed by atoms with Crippen molar-refractivity contribution in [3.63, 3.8) is 0 Å². The lowest BCUT2D eigenvalue weighted by Crippen LogP contribution is -2.56. The average Bonchev–Trinajstić information content (AvgIpc) is 2.45. The first-order valence-electron chi connectivity index (χ1n) is 7.13. The highest BCUT2D eigenvalue weighted by Crippen LogP contribution is 2.15. The summed E-state index contributed by atoms with van der Waals surface area (Å²) < 4.78 is 0. The molecule has 2 amide bonds. The molecule has 2 heterocycles. The fraction of sp³-hybridized carbons (Fsp3) is 0.600. The molecule has 110 valence electrons. The predicted molar refractivity (Wildman–Crippen MR) is 79.4 cm³/mol. The topological polar surface area (TPSA) is 48.5 Å². The van der Waals surface area contributed by atoms with E-state index in [2.05, 4.69) is 36.0 Å². The van der Waals surface area contributed by atoms with Gasteiger partial charge in [0.2, 0.25) is 0 Å². The Labute approximate surface area is 121 Å². The number of hydrogen-bond acceptors (Lipinski definition) is 3. The minimum Gasteiger partial charge on any atom is -0.334 e. The Balaban J connectivity index is 1.78. The van der Waals surface area contributed by atoms with Gasteiger partial charge in [-0.1, -0.05) is 6.07 Å². The van der Waals surface area contributed by atoms with Crippen LogP contribution in [-0.4, -0.2) is 52.5 Å². The fourth-order valence-electron chi connectivity index (χ4n) is 2.37. The Morgan fingerprint density at radius 1 is 1.30 bits per heavy atom. The highest BCUT2D eigenvalue weighted by molar-refractivity contribution is 5.74. The molecule has 0 unspecified atom stereocenters. The summed E-state index contributed by atoms with van der Waals surface area (Å²) in [5.74, 6) is 0. The highest BCUT2D eigenvalue weighted by Gasteiger charge is 2.27. The molecule has 0 spiro atoms. The number of rotatable bonds is 2. The van der Waals surface area contributed by atoms with Crippen molar-refractivity contribution in [3.8, 4) is 0 Å². The molecule has 0 atom stereocenters. The maximum absolute atomic E-state index is 12.1. The van der Waals surface area contributed by atoms with E-state index < -0.39 is 0 Å². The van der Waals surface area contributed by atoms with E-state index in [0.29, 0.717) is 6.54 Å². The van der Waals surface area contributed by atoms with Gasteiger partial charge < -0.3 is 10.2 Å². The summed E-state index contributed by atoms with van der Waals surface area (Å²) in [7, 11) is 0. The van der Waals surface area contributed by atoms with Gasteiger partial charge in [-0.05, 0) is 32.4 Å². The Kier molecular flexibility index (Phi) is 4.60. The number of urea groups is 1. The van der Waals surface area contributed by atoms with Crippen LogP contribution in [0.3, 0.4) is 0 Å². The molecule has 1 saturated heterocycles. The molecule has 0 radical (unpaired) electrons. The van der Waals surface area contributed by atoms with Crippen LogP contribution in [0.2, 0.25) is 0 Å². The zero-order valence-corrected chi connectivity index (χ0v) is 12.6. The molecule has 5 nitrogen and oxygen atoms in total. The third kappa shape index (κ3) is 3.93. The molecule has 1 aliphatic heterocycles. The van der Waals surface area contributed by atoms with Crippen LogP contribution >= 0.6 is 0 Å². The molecule has 1 N–H and O–H groups in total. The normalized spacial score (nSPS) is 17.1. The lowest BCUT2D eigenvalue weighted by Gasteiger charge is -2.42. The molecule has 0 saturated carbocycles. The Morgan fingerprint density at radius 3 is 2.55 bits per heavy atom. The quantitative estimate of drug-likeness (QED) is 0.894. The number of pyridine rings is 1. The average molecular weight is 276 g/mol. The van der Waals surface area contributed by atoms with E-state index in [1.807, 2.05) is 17.0 Å². The van der Waals surface area contributed by atoms with E-state index in [-0.39, 0.29) is 11.6 Å². The van der Waals surface area contributed by atoms with Gasteiger partial charge in [0.25, 0.3) is 0 Å². The van der Waals surface area contributed by atoms with Crippen LogP contribution in [0.25, 0.3) is 0 Å². The van der Waals surface area contributed by atoms with Crippen LogP contribution in [0.15, 0.2) is 24.5 Å². The van der Waals surface area contributed by atoms with E-state index in [1.165, 1.54) is 0 Å². The second-order valence-electron chi connectivity index (χ2n) is 6.16. The first-order valence-corrected chi connectivity index (χ1v) is 7.13. The van der Waals surface area contributed by atoms with Gasteiger partial charge in [0, 0.05) is 50.7 Å². The van der Waals surface area contributed by atoms with Crippen molar-refractivity contribution in [1.29, 1.82) is 0 Å². The summed E-state index contributed by atoms with van der Waals surface area (Å²) in [5, 5.41) is 2.95. The van der Waals surface area contributed by atoms with E-state index >= 15 is 0 Å². The third-order valence-electron chi connectivity index (χ3n) is 3.68. The second-order valence-corrected chi connectivity index (χ2v) is 6.16. The molecule has 1 fully saturated rings. The van der Waals surface area contributed by atoms with Gasteiger partial charge >= 0.3 is 6.03 Å². The number of hydrogen-bond donors (Lipinski definition) is 1. The van der Waals surface area contributed by atoms with Crippen molar-refractivity contribution in [3.05, 3.63) is 30.1 Å². The van der Waals surface area contributed by atoms with Gasteiger partial charge in [-0.15, -0.1) is 0 Å². The molecular weight excluding hydrogens is 252 g/mol. The lowest BCUT2D eigenvalue weighted by molar-refractivity contribution is 0.0742. The van der Waals surface area contributed by atoms with Crippen molar-refractivity contribution < 1.29 is 4.79 Å². The summed E-state index contributed by atoms with van der Waals surface area (Å²) in [6, 6.07) is 3.86. The summed E-state index contributed by atoms with van der Waals surface area (Å²) in [6.07, 6.45) is 3.51. The maximum Gasteiger partial charge on any atom is 0.317 e. The van der Waals surface area contributed by atoms with Crippen LogP contribution < -0.4 is 5.32 Å². The van der Waals surface area contributed by atoms with Crippen molar-refractivity contribution in [2.24, 2.45) is 0 Å². The Hall–Kier alpha value is -1.62. The predicted octanol–water partition coefficient (Wildman–Crippen LogP) is 1.71. The van der Waals surface area contributed by atoms with E-state index in [9.17, 15) is 4.79 Å². The standard InChI is InChI=1S/C15H24N4O/c1-15(2,3)19-9-7-18(8-10-19)14(20)17-12-13-5-4-6-16-11-13/h4-6,11H,7-10,12H2,1-3H3,(H,17,20). The zero-order chi connectivity index (χ0) is 14.6. The van der Waals surface area contributed by atoms with E-state index in [1.54, 1.807) is 12.4 Å². The van der Waals surface area contributed by atoms with Crippen LogP contribution in [0.1, 0.15) is 26.3 Å². The smallest absolute Gasteiger partial charge is 0.317 e. The molecule has 5 heteroatoms. The molecule has 1 aromatic heterocycles. The van der Waals surface area contributed by atoms with Crippen LogP contribution in [-0.2, 0) is 6.54 Å². The summed E-state index contributed by atoms with van der Waals surface area (Å²) in [4.78, 5) is 20.4. The molecular formula is C15H24N4O. The van der Waals surface area contributed by atoms with Gasteiger partial charge in [0.15, 0.2) is 0 Å². The number of aromatic nitrogens is 1. The number of carbonyl (C=O) groups excluding carboxylic acids is 1. The molecule has 20 heavy (non-hydrogen) atoms. The Bertz CT molecular complexity index is 433. The van der Waals surface area contributed by atoms with Crippen LogP contribution in [0.4, 0.5) is 4.79 Å². The van der Waals surface area contributed by atoms with Gasteiger partial charge in [-0.25, -0.2) is 4.79 Å². The molecule has 1 aromatic rings. The SMILES string of the molecule is CC(C)(C)N1CCN(C(=O)NCc2cccnc2)CC1. The van der Waals surface area contributed by atoms with Gasteiger partial charge in [-0.2, -0.15) is 0 Å². The minimum atomic E-state index is 0.0161.